The van der Waals surface area contributed by atoms with Crippen molar-refractivity contribution in [2.24, 2.45) is 5.73 Å². The fraction of sp³-hybridized carbons (Fsp3) is 0.913. The number of unbranched alkanes of at least 4 members (excludes halogenated alkanes) is 16. The Balaban J connectivity index is 3.10. The average Bonchev–Trinajstić information content (AvgIpc) is 2.68. The van der Waals surface area contributed by atoms with Crippen molar-refractivity contribution in [3.05, 3.63) is 0 Å². The molecule has 0 saturated carbocycles. The van der Waals surface area contributed by atoms with Gasteiger partial charge in [-0.3, -0.25) is 9.59 Å². The molecule has 3 N–H and O–H groups in total. The lowest BCUT2D eigenvalue weighted by Gasteiger charge is -2.06. The maximum absolute atomic E-state index is 11.6. The maximum atomic E-state index is 11.6. The van der Waals surface area contributed by atoms with Crippen LogP contribution in [0.5, 0.6) is 0 Å². The van der Waals surface area contributed by atoms with Crippen molar-refractivity contribution < 1.29 is 14.7 Å². The second kappa shape index (κ2) is 21.2. The molecule has 0 aliphatic rings. The van der Waals surface area contributed by atoms with Crippen LogP contribution in [0.3, 0.4) is 0 Å². The van der Waals surface area contributed by atoms with Gasteiger partial charge in [0, 0.05) is 18.6 Å². The van der Waals surface area contributed by atoms with Crippen molar-refractivity contribution in [2.45, 2.75) is 128 Å². The van der Waals surface area contributed by atoms with Crippen LogP contribution in [-0.4, -0.2) is 28.7 Å². The van der Waals surface area contributed by atoms with Gasteiger partial charge in [0.15, 0.2) is 0 Å². The predicted octanol–water partition coefficient (Wildman–Crippen LogP) is 6.31. The molecule has 28 heavy (non-hydrogen) atoms. The van der Waals surface area contributed by atoms with Gasteiger partial charge >= 0.3 is 5.97 Å². The molecule has 0 aromatic heterocycles. The van der Waals surface area contributed by atoms with Crippen LogP contribution in [0.15, 0.2) is 0 Å². The Morgan fingerprint density at radius 2 is 0.893 bits per heavy atom. The minimum Gasteiger partial charge on any atom is -0.481 e. The number of carboxylic acid groups (broad SMARTS) is 1. The summed E-state index contributed by atoms with van der Waals surface area (Å²) in [6.07, 6.45) is 22.1. The first-order valence-corrected chi connectivity index (χ1v) is 12.3. The van der Waals surface area contributed by atoms with Gasteiger partial charge in [0.05, 0.1) is 6.04 Å². The molecule has 0 rings (SSSR count). The highest BCUT2D eigenvalue weighted by Gasteiger charge is 2.10. The van der Waals surface area contributed by atoms with Gasteiger partial charge in [0.2, 0.25) is 0 Å². The third-order valence-electron chi connectivity index (χ3n) is 5.42. The fourth-order valence-electron chi connectivity index (χ4n) is 3.51. The van der Waals surface area contributed by atoms with E-state index in [1.165, 1.54) is 83.5 Å². The lowest BCUT2D eigenvalue weighted by molar-refractivity contribution is -0.137. The SMILES string of the molecule is NC(CS)C(=O)CCCCCCCCCCCCCCCCCCCC(=O)O. The molecule has 0 aromatic carbocycles. The Kier molecular flexibility index (Phi) is 20.8. The Morgan fingerprint density at radius 3 is 1.18 bits per heavy atom. The lowest BCUT2D eigenvalue weighted by Crippen LogP contribution is -2.31. The largest absolute Gasteiger partial charge is 0.481 e. The summed E-state index contributed by atoms with van der Waals surface area (Å²) in [5.74, 6) is -0.0563. The zero-order valence-corrected chi connectivity index (χ0v) is 18.9. The summed E-state index contributed by atoms with van der Waals surface area (Å²) in [6, 6.07) is -0.376. The minimum atomic E-state index is -0.668. The number of carboxylic acids is 1. The van der Waals surface area contributed by atoms with E-state index in [2.05, 4.69) is 12.6 Å². The maximum Gasteiger partial charge on any atom is 0.303 e. The molecule has 166 valence electrons. The first-order chi connectivity index (χ1) is 13.6. The molecule has 0 spiro atoms. The molecule has 0 heterocycles. The molecule has 0 aromatic rings. The molecule has 4 nitrogen and oxygen atoms in total. The third-order valence-corrected chi connectivity index (χ3v) is 5.82. The molecule has 1 unspecified atom stereocenters. The summed E-state index contributed by atoms with van der Waals surface area (Å²) < 4.78 is 0. The van der Waals surface area contributed by atoms with Gasteiger partial charge in [0.1, 0.15) is 5.78 Å². The third kappa shape index (κ3) is 20.2. The highest BCUT2D eigenvalue weighted by Crippen LogP contribution is 2.14. The van der Waals surface area contributed by atoms with Crippen LogP contribution in [-0.2, 0) is 9.59 Å². The number of carbonyl (C=O) groups is 2. The minimum absolute atomic E-state index is 0.158. The summed E-state index contributed by atoms with van der Waals surface area (Å²) in [4.78, 5) is 22.0. The van der Waals surface area contributed by atoms with Gasteiger partial charge in [-0.2, -0.15) is 12.6 Å². The highest BCUT2D eigenvalue weighted by atomic mass is 32.1. The second-order valence-corrected chi connectivity index (χ2v) is 8.52. The number of hydrogen-bond donors (Lipinski definition) is 3. The quantitative estimate of drug-likeness (QED) is 0.143. The topological polar surface area (TPSA) is 80.4 Å². The summed E-state index contributed by atoms with van der Waals surface area (Å²) in [5, 5.41) is 8.57. The van der Waals surface area contributed by atoms with E-state index in [1.807, 2.05) is 0 Å². The summed E-state index contributed by atoms with van der Waals surface area (Å²) >= 11 is 4.06. The van der Waals surface area contributed by atoms with Crippen molar-refractivity contribution in [1.82, 2.24) is 0 Å². The Bertz CT molecular complexity index is 377. The van der Waals surface area contributed by atoms with Gasteiger partial charge in [-0.15, -0.1) is 0 Å². The smallest absolute Gasteiger partial charge is 0.303 e. The van der Waals surface area contributed by atoms with Crippen LogP contribution >= 0.6 is 12.6 Å². The molecular formula is C23H45NO3S. The van der Waals surface area contributed by atoms with E-state index in [0.29, 0.717) is 18.6 Å². The van der Waals surface area contributed by atoms with E-state index in [0.717, 1.165) is 25.7 Å². The van der Waals surface area contributed by atoms with Crippen LogP contribution in [0.4, 0.5) is 0 Å². The van der Waals surface area contributed by atoms with E-state index in [1.54, 1.807) is 0 Å². The molecule has 0 radical (unpaired) electrons. The molecule has 1 atom stereocenters. The Hall–Kier alpha value is -0.550. The Labute approximate surface area is 178 Å². The highest BCUT2D eigenvalue weighted by molar-refractivity contribution is 7.80. The molecule has 0 aliphatic carbocycles. The van der Waals surface area contributed by atoms with E-state index < -0.39 is 5.97 Å². The zero-order chi connectivity index (χ0) is 20.9. The molecule has 0 aliphatic heterocycles. The van der Waals surface area contributed by atoms with Crippen molar-refractivity contribution >= 4 is 24.4 Å². The summed E-state index contributed by atoms with van der Waals surface area (Å²) in [7, 11) is 0. The molecule has 0 bridgehead atoms. The van der Waals surface area contributed by atoms with Crippen molar-refractivity contribution in [1.29, 1.82) is 0 Å². The molecule has 5 heteroatoms. The second-order valence-electron chi connectivity index (χ2n) is 8.16. The van der Waals surface area contributed by atoms with Gasteiger partial charge < -0.3 is 10.8 Å². The standard InChI is InChI=1S/C23H45NO3S/c24-21(20-28)22(25)18-16-14-12-10-8-6-4-2-1-3-5-7-9-11-13-15-17-19-23(26)27/h21,28H,1-20,24H2,(H,26,27). The van der Waals surface area contributed by atoms with Crippen molar-refractivity contribution in [2.75, 3.05) is 5.75 Å². The van der Waals surface area contributed by atoms with E-state index >= 15 is 0 Å². The summed E-state index contributed by atoms with van der Waals surface area (Å²) in [6.45, 7) is 0. The number of ketones is 1. The van der Waals surface area contributed by atoms with Crippen LogP contribution in [0, 0.1) is 0 Å². The lowest BCUT2D eigenvalue weighted by atomic mass is 10.0. The number of aliphatic carboxylic acids is 1. The Morgan fingerprint density at radius 1 is 0.607 bits per heavy atom. The molecule has 0 amide bonds. The number of nitrogens with two attached hydrogens (primary N) is 1. The average molecular weight is 416 g/mol. The van der Waals surface area contributed by atoms with Gasteiger partial charge in [0.25, 0.3) is 0 Å². The normalized spacial score (nSPS) is 12.2. The first-order valence-electron chi connectivity index (χ1n) is 11.7. The zero-order valence-electron chi connectivity index (χ0n) is 18.0. The predicted molar refractivity (Wildman–Crippen MR) is 122 cm³/mol. The fourth-order valence-corrected chi connectivity index (χ4v) is 3.72. The number of carbonyl (C=O) groups excluding carboxylic acids is 1. The van der Waals surface area contributed by atoms with Crippen molar-refractivity contribution in [3.63, 3.8) is 0 Å². The van der Waals surface area contributed by atoms with Gasteiger partial charge in [-0.1, -0.05) is 96.3 Å². The number of Topliss-reactive ketones (excluding diaryl/α,β-unsaturated/α-hetero) is 1. The molecule has 0 saturated heterocycles. The number of rotatable bonds is 22. The van der Waals surface area contributed by atoms with E-state index in [-0.39, 0.29) is 11.8 Å². The van der Waals surface area contributed by atoms with Crippen LogP contribution in [0.2, 0.25) is 0 Å². The monoisotopic (exact) mass is 415 g/mol. The molecular weight excluding hydrogens is 370 g/mol. The summed E-state index contributed by atoms with van der Waals surface area (Å²) in [5.41, 5.74) is 5.66. The number of hydrogen-bond acceptors (Lipinski definition) is 4. The van der Waals surface area contributed by atoms with Crippen LogP contribution in [0.1, 0.15) is 122 Å². The van der Waals surface area contributed by atoms with Crippen LogP contribution < -0.4 is 5.73 Å². The van der Waals surface area contributed by atoms with Crippen molar-refractivity contribution in [3.8, 4) is 0 Å². The van der Waals surface area contributed by atoms with E-state index in [4.69, 9.17) is 10.8 Å². The van der Waals surface area contributed by atoms with E-state index in [9.17, 15) is 9.59 Å². The van der Waals surface area contributed by atoms with Gasteiger partial charge in [-0.05, 0) is 12.8 Å². The number of thiol groups is 1. The van der Waals surface area contributed by atoms with Gasteiger partial charge in [-0.25, -0.2) is 0 Å². The molecule has 0 fully saturated rings. The first kappa shape index (κ1) is 27.5. The van der Waals surface area contributed by atoms with Crippen LogP contribution in [0.25, 0.3) is 0 Å².